The first-order valence-electron chi connectivity index (χ1n) is 5.97. The highest BCUT2D eigenvalue weighted by Gasteiger charge is 2.12. The topological polar surface area (TPSA) is 89.8 Å². The molecular formula is C14H13N3O2S. The number of hydrogen-bond donors (Lipinski definition) is 2. The molecule has 1 atom stereocenters. The van der Waals surface area contributed by atoms with E-state index in [1.54, 1.807) is 32.0 Å². The average Bonchev–Trinajstić information content (AvgIpc) is 2.37. The highest BCUT2D eigenvalue weighted by molar-refractivity contribution is 7.99. The summed E-state index contributed by atoms with van der Waals surface area (Å²) in [6.07, 6.45) is -0.665. The molecule has 0 saturated heterocycles. The summed E-state index contributed by atoms with van der Waals surface area (Å²) in [7, 11) is 0. The van der Waals surface area contributed by atoms with Crippen molar-refractivity contribution >= 4 is 11.8 Å². The Hall–Kier alpha value is -2.10. The quantitative estimate of drug-likeness (QED) is 0.844. The Morgan fingerprint density at radius 2 is 2.20 bits per heavy atom. The van der Waals surface area contributed by atoms with Gasteiger partial charge in [-0.3, -0.25) is 4.79 Å². The summed E-state index contributed by atoms with van der Waals surface area (Å²) in [5, 5.41) is 19.2. The minimum atomic E-state index is -0.665. The number of benzene rings is 1. The number of hydrogen-bond acceptors (Lipinski definition) is 5. The van der Waals surface area contributed by atoms with Crippen molar-refractivity contribution in [2.45, 2.75) is 30.0 Å². The van der Waals surface area contributed by atoms with Gasteiger partial charge in [-0.05, 0) is 31.5 Å². The number of aryl methyl sites for hydroxylation is 1. The van der Waals surface area contributed by atoms with Crippen LogP contribution in [0.15, 0.2) is 39.1 Å². The van der Waals surface area contributed by atoms with Crippen molar-refractivity contribution < 1.29 is 5.11 Å². The maximum absolute atomic E-state index is 11.4. The fourth-order valence-electron chi connectivity index (χ4n) is 1.74. The third-order valence-electron chi connectivity index (χ3n) is 2.65. The van der Waals surface area contributed by atoms with Crippen molar-refractivity contribution in [2.24, 2.45) is 0 Å². The molecule has 0 radical (unpaired) electrons. The van der Waals surface area contributed by atoms with Crippen LogP contribution in [-0.4, -0.2) is 15.1 Å². The van der Waals surface area contributed by atoms with E-state index in [1.807, 2.05) is 0 Å². The minimum absolute atomic E-state index is 0.227. The normalized spacial score (nSPS) is 11.9. The Bertz CT molecular complexity index is 732. The molecule has 2 aromatic rings. The van der Waals surface area contributed by atoms with Gasteiger partial charge in [0.15, 0.2) is 5.16 Å². The minimum Gasteiger partial charge on any atom is -0.389 e. The van der Waals surface area contributed by atoms with E-state index in [0.717, 1.165) is 0 Å². The van der Waals surface area contributed by atoms with E-state index in [1.165, 1.54) is 17.8 Å². The van der Waals surface area contributed by atoms with E-state index in [-0.39, 0.29) is 5.56 Å². The predicted molar refractivity (Wildman–Crippen MR) is 75.5 cm³/mol. The first kappa shape index (κ1) is 14.3. The Balaban J connectivity index is 2.46. The molecule has 2 rings (SSSR count). The second-order valence-electron chi connectivity index (χ2n) is 4.33. The van der Waals surface area contributed by atoms with Gasteiger partial charge in [-0.1, -0.05) is 17.8 Å². The monoisotopic (exact) mass is 287 g/mol. The van der Waals surface area contributed by atoms with Crippen molar-refractivity contribution in [1.82, 2.24) is 9.97 Å². The third kappa shape index (κ3) is 3.26. The lowest BCUT2D eigenvalue weighted by Gasteiger charge is -2.11. The molecule has 2 N–H and O–H groups in total. The van der Waals surface area contributed by atoms with Crippen LogP contribution in [0.3, 0.4) is 0 Å². The first-order chi connectivity index (χ1) is 9.49. The molecule has 5 nitrogen and oxygen atoms in total. The molecule has 0 aliphatic rings. The Kier molecular flexibility index (Phi) is 4.23. The maximum atomic E-state index is 11.4. The number of nitrogens with one attached hydrogen (secondary N) is 1. The maximum Gasteiger partial charge on any atom is 0.251 e. The number of H-pyrrole nitrogens is 1. The second-order valence-corrected chi connectivity index (χ2v) is 5.37. The van der Waals surface area contributed by atoms with Gasteiger partial charge in [-0.15, -0.1) is 0 Å². The molecule has 1 aromatic heterocycles. The zero-order valence-electron chi connectivity index (χ0n) is 11.0. The zero-order chi connectivity index (χ0) is 14.7. The highest BCUT2D eigenvalue weighted by Crippen LogP contribution is 2.31. The van der Waals surface area contributed by atoms with Crippen LogP contribution in [-0.2, 0) is 0 Å². The molecule has 0 amide bonds. The van der Waals surface area contributed by atoms with E-state index in [2.05, 4.69) is 16.0 Å². The van der Waals surface area contributed by atoms with E-state index in [9.17, 15) is 9.90 Å². The molecule has 0 saturated carbocycles. The molecule has 0 unspecified atom stereocenters. The molecule has 1 aromatic carbocycles. The summed E-state index contributed by atoms with van der Waals surface area (Å²) in [5.41, 5.74) is 1.58. The van der Waals surface area contributed by atoms with Crippen LogP contribution >= 0.6 is 11.8 Å². The Labute approximate surface area is 120 Å². The Morgan fingerprint density at radius 1 is 1.45 bits per heavy atom. The first-order valence-corrected chi connectivity index (χ1v) is 6.79. The molecule has 6 heteroatoms. The average molecular weight is 287 g/mol. The standard InChI is InChI=1S/C14H13N3O2S/c1-8-5-13(19)17-14(16-8)20-12-6-10(7-15)3-4-11(12)9(2)18/h3-6,9,18H,1-2H3,(H,16,17,19)/t9-/m0/s1. The number of aromatic amines is 1. The SMILES string of the molecule is Cc1cc(=O)[nH]c(Sc2cc(C#N)ccc2[C@H](C)O)n1. The summed E-state index contributed by atoms with van der Waals surface area (Å²) in [6, 6.07) is 8.50. The highest BCUT2D eigenvalue weighted by atomic mass is 32.2. The van der Waals surface area contributed by atoms with Gasteiger partial charge in [-0.2, -0.15) is 5.26 Å². The fraction of sp³-hybridized carbons (Fsp3) is 0.214. The number of nitrogens with zero attached hydrogens (tertiary/aromatic N) is 2. The lowest BCUT2D eigenvalue weighted by molar-refractivity contribution is 0.196. The van der Waals surface area contributed by atoms with Crippen molar-refractivity contribution in [3.8, 4) is 6.07 Å². The van der Waals surface area contributed by atoms with Crippen LogP contribution in [0.25, 0.3) is 0 Å². The van der Waals surface area contributed by atoms with Crippen LogP contribution in [0.5, 0.6) is 0 Å². The van der Waals surface area contributed by atoms with Crippen LogP contribution < -0.4 is 5.56 Å². The number of aliphatic hydroxyl groups is 1. The van der Waals surface area contributed by atoms with E-state index in [0.29, 0.717) is 26.9 Å². The summed E-state index contributed by atoms with van der Waals surface area (Å²) >= 11 is 1.22. The lowest BCUT2D eigenvalue weighted by atomic mass is 10.1. The van der Waals surface area contributed by atoms with Gasteiger partial charge >= 0.3 is 0 Å². The van der Waals surface area contributed by atoms with Gasteiger partial charge in [0, 0.05) is 16.7 Å². The number of rotatable bonds is 3. The smallest absolute Gasteiger partial charge is 0.251 e. The molecule has 20 heavy (non-hydrogen) atoms. The van der Waals surface area contributed by atoms with Gasteiger partial charge in [-0.25, -0.2) is 4.98 Å². The summed E-state index contributed by atoms with van der Waals surface area (Å²) in [4.78, 5) is 19.0. The van der Waals surface area contributed by atoms with Gasteiger partial charge in [0.2, 0.25) is 0 Å². The van der Waals surface area contributed by atoms with E-state index in [4.69, 9.17) is 5.26 Å². The van der Waals surface area contributed by atoms with Crippen LogP contribution in [0, 0.1) is 18.3 Å². The van der Waals surface area contributed by atoms with Gasteiger partial charge < -0.3 is 10.1 Å². The van der Waals surface area contributed by atoms with Crippen LogP contribution in [0.2, 0.25) is 0 Å². The Morgan fingerprint density at radius 3 is 2.80 bits per heavy atom. The van der Waals surface area contributed by atoms with Crippen molar-refractivity contribution in [1.29, 1.82) is 5.26 Å². The second kappa shape index (κ2) is 5.90. The van der Waals surface area contributed by atoms with Crippen molar-refractivity contribution in [2.75, 3.05) is 0 Å². The summed E-state index contributed by atoms with van der Waals surface area (Å²) < 4.78 is 0. The molecular weight excluding hydrogens is 274 g/mol. The van der Waals surface area contributed by atoms with E-state index >= 15 is 0 Å². The van der Waals surface area contributed by atoms with Gasteiger partial charge in [0.1, 0.15) is 0 Å². The molecule has 0 bridgehead atoms. The summed E-state index contributed by atoms with van der Waals surface area (Å²) in [6.45, 7) is 3.39. The molecule has 0 aliphatic heterocycles. The fourth-order valence-corrected chi connectivity index (χ4v) is 2.83. The third-order valence-corrected chi connectivity index (χ3v) is 3.61. The van der Waals surface area contributed by atoms with Crippen molar-refractivity contribution in [3.63, 3.8) is 0 Å². The van der Waals surface area contributed by atoms with Gasteiger partial charge in [0.05, 0.1) is 17.7 Å². The summed E-state index contributed by atoms with van der Waals surface area (Å²) in [5.74, 6) is 0. The van der Waals surface area contributed by atoms with Crippen molar-refractivity contribution in [3.05, 3.63) is 51.4 Å². The van der Waals surface area contributed by atoms with Gasteiger partial charge in [0.25, 0.3) is 5.56 Å². The predicted octanol–water partition coefficient (Wildman–Crippen LogP) is 2.15. The largest absolute Gasteiger partial charge is 0.389 e. The number of aliphatic hydroxyl groups excluding tert-OH is 1. The zero-order valence-corrected chi connectivity index (χ0v) is 11.9. The molecule has 0 spiro atoms. The molecule has 0 fully saturated rings. The number of nitriles is 1. The molecule has 0 aliphatic carbocycles. The van der Waals surface area contributed by atoms with E-state index < -0.39 is 6.10 Å². The lowest BCUT2D eigenvalue weighted by Crippen LogP contribution is -2.08. The molecule has 1 heterocycles. The van der Waals surface area contributed by atoms with Crippen LogP contribution in [0.1, 0.15) is 29.8 Å². The molecule has 102 valence electrons. The van der Waals surface area contributed by atoms with Crippen LogP contribution in [0.4, 0.5) is 0 Å². The number of aromatic nitrogens is 2.